The van der Waals surface area contributed by atoms with Gasteiger partial charge in [0.05, 0.1) is 17.6 Å². The van der Waals surface area contributed by atoms with Gasteiger partial charge in [-0.15, -0.1) is 0 Å². The largest absolute Gasteiger partial charge is 0.435 e. The Labute approximate surface area is 184 Å². The van der Waals surface area contributed by atoms with Gasteiger partial charge in [0.1, 0.15) is 13.6 Å². The van der Waals surface area contributed by atoms with Crippen LogP contribution in [0.3, 0.4) is 0 Å². The van der Waals surface area contributed by atoms with Crippen molar-refractivity contribution in [2.75, 3.05) is 27.8 Å². The van der Waals surface area contributed by atoms with Crippen LogP contribution in [-0.2, 0) is 28.5 Å². The molecule has 10 atom stereocenters. The van der Waals surface area contributed by atoms with Crippen molar-refractivity contribution < 1.29 is 33.6 Å². The van der Waals surface area contributed by atoms with Gasteiger partial charge in [-0.1, -0.05) is 13.5 Å². The van der Waals surface area contributed by atoms with Crippen molar-refractivity contribution in [3.05, 3.63) is 12.2 Å². The summed E-state index contributed by atoms with van der Waals surface area (Å²) in [4.78, 5) is 12.8. The maximum atomic E-state index is 12.8. The van der Waals surface area contributed by atoms with Gasteiger partial charge in [-0.3, -0.25) is 4.79 Å². The number of rotatable bonds is 6. The minimum absolute atomic E-state index is 0.0983. The van der Waals surface area contributed by atoms with E-state index in [0.717, 1.165) is 31.3 Å². The van der Waals surface area contributed by atoms with Crippen LogP contribution in [0.5, 0.6) is 0 Å². The lowest BCUT2D eigenvalue weighted by atomic mass is 9.49. The molecule has 5 rings (SSSR count). The molecule has 0 aromatic heterocycles. The van der Waals surface area contributed by atoms with Gasteiger partial charge in [-0.2, -0.15) is 0 Å². The molecule has 0 aromatic rings. The van der Waals surface area contributed by atoms with Crippen molar-refractivity contribution in [3.63, 3.8) is 0 Å². The second kappa shape index (κ2) is 7.26. The van der Waals surface area contributed by atoms with Crippen LogP contribution in [0.15, 0.2) is 12.2 Å². The smallest absolute Gasteiger partial charge is 0.314 e. The van der Waals surface area contributed by atoms with Crippen LogP contribution in [-0.4, -0.2) is 57.4 Å². The first kappa shape index (κ1) is 21.8. The number of aliphatic hydroxyl groups is 1. The molecule has 31 heavy (non-hydrogen) atoms. The summed E-state index contributed by atoms with van der Waals surface area (Å²) in [6, 6.07) is 0. The quantitative estimate of drug-likeness (QED) is 0.389. The fraction of sp³-hybridized carbons (Fsp3) is 0.875. The van der Waals surface area contributed by atoms with Crippen molar-refractivity contribution in [1.82, 2.24) is 0 Å². The number of hydrogen-bond donors (Lipinski definition) is 1. The van der Waals surface area contributed by atoms with Crippen LogP contribution in [0.2, 0.25) is 0 Å². The summed E-state index contributed by atoms with van der Waals surface area (Å²) < 4.78 is 28.9. The average molecular weight is 437 g/mol. The van der Waals surface area contributed by atoms with Crippen LogP contribution in [0.1, 0.15) is 46.0 Å². The predicted molar refractivity (Wildman–Crippen MR) is 110 cm³/mol. The van der Waals surface area contributed by atoms with Crippen LogP contribution in [0.4, 0.5) is 0 Å². The fourth-order valence-electron chi connectivity index (χ4n) is 8.97. The maximum absolute atomic E-state index is 12.8. The molecular formula is C24H36O7. The van der Waals surface area contributed by atoms with Crippen molar-refractivity contribution in [3.8, 4) is 0 Å². The summed E-state index contributed by atoms with van der Waals surface area (Å²) in [5, 5.41) is 11.0. The van der Waals surface area contributed by atoms with Gasteiger partial charge in [0.2, 0.25) is 6.29 Å². The molecule has 1 N–H and O–H groups in total. The summed E-state index contributed by atoms with van der Waals surface area (Å²) in [7, 11) is 3.28. The zero-order chi connectivity index (χ0) is 22.2. The molecule has 5 aliphatic rings. The highest BCUT2D eigenvalue weighted by atomic mass is 16.7. The van der Waals surface area contributed by atoms with Crippen LogP contribution >= 0.6 is 0 Å². The molecular weight excluding hydrogens is 400 g/mol. The highest BCUT2D eigenvalue weighted by molar-refractivity contribution is 5.79. The normalized spacial score (nSPS) is 52.6. The van der Waals surface area contributed by atoms with E-state index in [0.29, 0.717) is 12.3 Å². The standard InChI is InChI=1S/C24H36O7/c1-13-14-6-7-16-23(3)15(8-9-22(2)17(23)20(25)31-21(22)26)19(30-12-28-5)24(16,10-14)18(13)29-11-27-4/h14-20,25H,1,6-12H2,2-5H3/t14-,15?,16?,17?,18+,19+,20+,22?,23?,24+/m1/s1. The first-order valence-corrected chi connectivity index (χ1v) is 11.6. The van der Waals surface area contributed by atoms with Gasteiger partial charge in [0.15, 0.2) is 0 Å². The van der Waals surface area contributed by atoms with E-state index in [1.54, 1.807) is 14.2 Å². The molecule has 0 aromatic carbocycles. The molecule has 174 valence electrons. The first-order chi connectivity index (χ1) is 14.8. The molecule has 1 heterocycles. The Morgan fingerprint density at radius 1 is 1.13 bits per heavy atom. The Balaban J connectivity index is 1.65. The molecule has 0 amide bonds. The zero-order valence-corrected chi connectivity index (χ0v) is 19.1. The Morgan fingerprint density at radius 3 is 2.55 bits per heavy atom. The summed E-state index contributed by atoms with van der Waals surface area (Å²) in [5.74, 6) is 0.258. The number of aliphatic hydroxyl groups excluding tert-OH is 1. The summed E-state index contributed by atoms with van der Waals surface area (Å²) in [5.41, 5.74) is -0.124. The monoisotopic (exact) mass is 436 g/mol. The maximum Gasteiger partial charge on any atom is 0.314 e. The van der Waals surface area contributed by atoms with Crippen LogP contribution in [0, 0.1) is 39.9 Å². The molecule has 4 saturated carbocycles. The predicted octanol–water partition coefficient (Wildman–Crippen LogP) is 2.86. The van der Waals surface area contributed by atoms with Gasteiger partial charge in [-0.05, 0) is 67.8 Å². The van der Waals surface area contributed by atoms with Crippen molar-refractivity contribution >= 4 is 5.97 Å². The number of methoxy groups -OCH3 is 2. The third kappa shape index (κ3) is 2.56. The van der Waals surface area contributed by atoms with Gasteiger partial charge in [0.25, 0.3) is 0 Å². The van der Waals surface area contributed by atoms with E-state index in [1.807, 2.05) is 6.92 Å². The van der Waals surface area contributed by atoms with E-state index >= 15 is 0 Å². The Bertz CT molecular complexity index is 769. The lowest BCUT2D eigenvalue weighted by Crippen LogP contribution is -2.53. The molecule has 4 aliphatic carbocycles. The fourth-order valence-corrected chi connectivity index (χ4v) is 8.97. The molecule has 5 fully saturated rings. The number of cyclic esters (lactones) is 1. The van der Waals surface area contributed by atoms with E-state index in [9.17, 15) is 9.90 Å². The third-order valence-corrected chi connectivity index (χ3v) is 9.88. The van der Waals surface area contributed by atoms with E-state index in [2.05, 4.69) is 13.5 Å². The van der Waals surface area contributed by atoms with E-state index < -0.39 is 11.7 Å². The van der Waals surface area contributed by atoms with Crippen LogP contribution in [0.25, 0.3) is 0 Å². The van der Waals surface area contributed by atoms with Gasteiger partial charge < -0.3 is 28.8 Å². The number of esters is 1. The lowest BCUT2D eigenvalue weighted by molar-refractivity contribution is -0.178. The van der Waals surface area contributed by atoms with E-state index in [1.165, 1.54) is 0 Å². The van der Waals surface area contributed by atoms with Crippen molar-refractivity contribution in [2.45, 2.75) is 64.4 Å². The Morgan fingerprint density at radius 2 is 1.84 bits per heavy atom. The molecule has 1 saturated heterocycles. The number of carbonyl (C=O) groups is 1. The number of hydrogen-bond acceptors (Lipinski definition) is 7. The summed E-state index contributed by atoms with van der Waals surface area (Å²) >= 11 is 0. The summed E-state index contributed by atoms with van der Waals surface area (Å²) in [6.07, 6.45) is 3.21. The van der Waals surface area contributed by atoms with Gasteiger partial charge in [-0.25, -0.2) is 0 Å². The van der Waals surface area contributed by atoms with Crippen LogP contribution < -0.4 is 0 Å². The Kier molecular flexibility index (Phi) is 5.11. The lowest BCUT2D eigenvalue weighted by Gasteiger charge is -2.53. The average Bonchev–Trinajstić information content (AvgIpc) is 3.19. The third-order valence-electron chi connectivity index (χ3n) is 9.88. The molecule has 7 nitrogen and oxygen atoms in total. The second-order valence-electron chi connectivity index (χ2n) is 10.9. The van der Waals surface area contributed by atoms with Crippen molar-refractivity contribution in [1.29, 1.82) is 0 Å². The highest BCUT2D eigenvalue weighted by Gasteiger charge is 2.79. The molecule has 2 bridgehead atoms. The zero-order valence-electron chi connectivity index (χ0n) is 19.1. The van der Waals surface area contributed by atoms with Gasteiger partial charge >= 0.3 is 5.97 Å². The molecule has 5 unspecified atom stereocenters. The molecule has 1 aliphatic heterocycles. The number of carbonyl (C=O) groups excluding carboxylic acids is 1. The van der Waals surface area contributed by atoms with Gasteiger partial charge in [0, 0.05) is 25.6 Å². The first-order valence-electron chi connectivity index (χ1n) is 11.6. The minimum Gasteiger partial charge on any atom is -0.435 e. The Hall–Kier alpha value is -0.990. The highest BCUT2D eigenvalue weighted by Crippen LogP contribution is 2.77. The van der Waals surface area contributed by atoms with Crippen molar-refractivity contribution in [2.24, 2.45) is 39.9 Å². The second-order valence-corrected chi connectivity index (χ2v) is 10.9. The molecule has 0 radical (unpaired) electrons. The topological polar surface area (TPSA) is 83.5 Å². The number of fused-ring (bicyclic) bond motifs is 5. The summed E-state index contributed by atoms with van der Waals surface area (Å²) in [6.45, 7) is 9.11. The minimum atomic E-state index is -1.08. The number of ether oxygens (including phenoxy) is 5. The molecule has 1 spiro atoms. The van der Waals surface area contributed by atoms with E-state index in [-0.39, 0.29) is 60.3 Å². The molecule has 7 heteroatoms. The van der Waals surface area contributed by atoms with E-state index in [4.69, 9.17) is 23.7 Å². The SMILES string of the molecule is C=C1[C@@H]2CCC3C4(C)C(CCC5(C)C(=O)O[C@H](O)C54)[C@H](OCOC)[C@]3(C2)[C@H]1OCOC.